The predicted molar refractivity (Wildman–Crippen MR) is 95.7 cm³/mol. The Morgan fingerprint density at radius 2 is 2.08 bits per heavy atom. The predicted octanol–water partition coefficient (Wildman–Crippen LogP) is 4.02. The second-order valence-corrected chi connectivity index (χ2v) is 5.54. The zero-order valence-electron chi connectivity index (χ0n) is 12.9. The van der Waals surface area contributed by atoms with Gasteiger partial charge in [-0.25, -0.2) is 0 Å². The first-order valence-electron chi connectivity index (χ1n) is 7.49. The summed E-state index contributed by atoms with van der Waals surface area (Å²) in [7, 11) is 0. The van der Waals surface area contributed by atoms with Crippen molar-refractivity contribution in [2.24, 2.45) is 0 Å². The Morgan fingerprint density at radius 3 is 2.88 bits per heavy atom. The number of aromatic amines is 1. The molecule has 0 fully saturated rings. The topological polar surface area (TPSA) is 111 Å². The van der Waals surface area contributed by atoms with Crippen molar-refractivity contribution in [3.05, 3.63) is 65.6 Å². The van der Waals surface area contributed by atoms with Gasteiger partial charge in [-0.2, -0.15) is 5.26 Å². The number of nitrogens with one attached hydrogen (secondary N) is 2. The van der Waals surface area contributed by atoms with E-state index in [9.17, 15) is 10.5 Å². The fourth-order valence-corrected chi connectivity index (χ4v) is 2.79. The summed E-state index contributed by atoms with van der Waals surface area (Å²) in [6.45, 7) is 0. The van der Waals surface area contributed by atoms with Crippen molar-refractivity contribution in [3.63, 3.8) is 0 Å². The van der Waals surface area contributed by atoms with E-state index in [-0.39, 0.29) is 10.9 Å². The zero-order valence-corrected chi connectivity index (χ0v) is 12.9. The van der Waals surface area contributed by atoms with Gasteiger partial charge in [0.05, 0.1) is 22.5 Å². The van der Waals surface area contributed by atoms with Crippen molar-refractivity contribution in [1.82, 2.24) is 9.97 Å². The maximum atomic E-state index is 11.2. The summed E-state index contributed by atoms with van der Waals surface area (Å²) in [5.41, 5.74) is 3.35. The first-order chi connectivity index (χ1) is 12.2. The molecule has 122 valence electrons. The third-order valence-electron chi connectivity index (χ3n) is 4.02. The smallest absolute Gasteiger partial charge is 0.103 e. The monoisotopic (exact) mass is 330 g/mol. The third-order valence-corrected chi connectivity index (χ3v) is 4.02. The number of pyridine rings is 1. The molecule has 0 atom stereocenters. The molecule has 2 heterocycles. The van der Waals surface area contributed by atoms with Gasteiger partial charge in [0, 0.05) is 34.4 Å². The van der Waals surface area contributed by atoms with Crippen molar-refractivity contribution in [1.29, 1.82) is 5.26 Å². The molecular weight excluding hydrogens is 318 g/mol. The molecule has 3 N–H and O–H groups in total. The molecular formula is C18H12N5O2-. The number of H-pyrrole nitrogens is 1. The van der Waals surface area contributed by atoms with E-state index in [1.807, 2.05) is 30.5 Å². The standard InChI is InChI=1S/C18H12N5O2/c19-9-12-10-21-17-4-2-14(23(24)25)8-15(17)18(12)22-13-1-3-16-11(7-13)5-6-20-16/h1-8,10,20,24H,(H,21,22)/q-1. The highest BCUT2D eigenvalue weighted by Crippen LogP contribution is 2.32. The number of nitriles is 1. The molecule has 0 aliphatic carbocycles. The molecule has 25 heavy (non-hydrogen) atoms. The summed E-state index contributed by atoms with van der Waals surface area (Å²) >= 11 is 0. The number of hydrogen-bond donors (Lipinski definition) is 3. The molecule has 0 unspecified atom stereocenters. The zero-order chi connectivity index (χ0) is 17.4. The van der Waals surface area contributed by atoms with Gasteiger partial charge in [0.25, 0.3) is 0 Å². The normalized spacial score (nSPS) is 10.8. The molecule has 0 spiro atoms. The molecule has 0 aliphatic heterocycles. The Morgan fingerprint density at radius 1 is 1.20 bits per heavy atom. The Bertz CT molecular complexity index is 1130. The van der Waals surface area contributed by atoms with Crippen LogP contribution in [0, 0.1) is 16.5 Å². The Labute approximate surface area is 142 Å². The summed E-state index contributed by atoms with van der Waals surface area (Å²) in [4.78, 5) is 7.35. The number of aromatic nitrogens is 2. The number of nitrogens with zero attached hydrogens (tertiary/aromatic N) is 3. The minimum Gasteiger partial charge on any atom is -0.733 e. The van der Waals surface area contributed by atoms with Crippen LogP contribution >= 0.6 is 0 Å². The van der Waals surface area contributed by atoms with Crippen molar-refractivity contribution < 1.29 is 5.21 Å². The lowest BCUT2D eigenvalue weighted by molar-refractivity contribution is 0.296. The van der Waals surface area contributed by atoms with Crippen LogP contribution in [0.3, 0.4) is 0 Å². The maximum Gasteiger partial charge on any atom is 0.103 e. The minimum atomic E-state index is -0.214. The van der Waals surface area contributed by atoms with E-state index in [1.54, 1.807) is 6.07 Å². The average Bonchev–Trinajstić information content (AvgIpc) is 3.09. The van der Waals surface area contributed by atoms with Crippen molar-refractivity contribution in [2.75, 3.05) is 10.5 Å². The van der Waals surface area contributed by atoms with Crippen LogP contribution in [0.1, 0.15) is 5.56 Å². The SMILES string of the molecule is N#Cc1cnc2ccc(N([O-])O)cc2c1Nc1ccc2[nH]ccc2c1. The Balaban J connectivity index is 1.88. The lowest BCUT2D eigenvalue weighted by Gasteiger charge is -2.22. The molecule has 4 rings (SSSR count). The molecule has 4 aromatic rings. The molecule has 0 radical (unpaired) electrons. The van der Waals surface area contributed by atoms with Gasteiger partial charge in [0.15, 0.2) is 0 Å². The lowest BCUT2D eigenvalue weighted by atomic mass is 10.1. The molecule has 7 nitrogen and oxygen atoms in total. The van der Waals surface area contributed by atoms with Gasteiger partial charge in [-0.05, 0) is 42.5 Å². The molecule has 0 bridgehead atoms. The molecule has 2 aromatic carbocycles. The van der Waals surface area contributed by atoms with Crippen LogP contribution < -0.4 is 10.5 Å². The number of anilines is 3. The number of benzene rings is 2. The van der Waals surface area contributed by atoms with E-state index < -0.39 is 0 Å². The van der Waals surface area contributed by atoms with E-state index in [4.69, 9.17) is 5.21 Å². The fourth-order valence-electron chi connectivity index (χ4n) is 2.79. The molecule has 0 saturated heterocycles. The van der Waals surface area contributed by atoms with Crippen LogP contribution in [0.4, 0.5) is 17.1 Å². The third kappa shape index (κ3) is 2.61. The Hall–Kier alpha value is -3.60. The lowest BCUT2D eigenvalue weighted by Crippen LogP contribution is -2.07. The minimum absolute atomic E-state index is 0.0635. The van der Waals surface area contributed by atoms with Crippen LogP contribution in [0.25, 0.3) is 21.8 Å². The largest absolute Gasteiger partial charge is 0.733 e. The summed E-state index contributed by atoms with van der Waals surface area (Å²) < 4.78 is 0. The number of hydrogen-bond acceptors (Lipinski definition) is 6. The van der Waals surface area contributed by atoms with Crippen LogP contribution in [0.5, 0.6) is 0 Å². The second-order valence-electron chi connectivity index (χ2n) is 5.54. The summed E-state index contributed by atoms with van der Waals surface area (Å²) in [5, 5.41) is 34.4. The summed E-state index contributed by atoms with van der Waals surface area (Å²) in [6, 6.07) is 14.4. The first-order valence-corrected chi connectivity index (χ1v) is 7.49. The van der Waals surface area contributed by atoms with E-state index in [1.165, 1.54) is 18.3 Å². The average molecular weight is 330 g/mol. The van der Waals surface area contributed by atoms with Crippen molar-refractivity contribution in [3.8, 4) is 6.07 Å². The van der Waals surface area contributed by atoms with Crippen molar-refractivity contribution in [2.45, 2.75) is 0 Å². The first kappa shape index (κ1) is 15.0. The second kappa shape index (κ2) is 5.79. The van der Waals surface area contributed by atoms with Crippen molar-refractivity contribution >= 4 is 38.9 Å². The van der Waals surface area contributed by atoms with Gasteiger partial charge in [0.1, 0.15) is 6.07 Å². The number of rotatable bonds is 3. The van der Waals surface area contributed by atoms with Gasteiger partial charge in [-0.15, -0.1) is 0 Å². The molecule has 2 aromatic heterocycles. The molecule has 0 aliphatic rings. The highest BCUT2D eigenvalue weighted by molar-refractivity contribution is 5.98. The quantitative estimate of drug-likeness (QED) is 0.489. The summed E-state index contributed by atoms with van der Waals surface area (Å²) in [6.07, 6.45) is 3.33. The van der Waals surface area contributed by atoms with Crippen LogP contribution in [0.2, 0.25) is 0 Å². The van der Waals surface area contributed by atoms with Gasteiger partial charge in [-0.1, -0.05) is 0 Å². The fraction of sp³-hybridized carbons (Fsp3) is 0. The van der Waals surface area contributed by atoms with E-state index in [2.05, 4.69) is 21.4 Å². The highest BCUT2D eigenvalue weighted by atomic mass is 16.8. The molecule has 0 saturated carbocycles. The van der Waals surface area contributed by atoms with Crippen LogP contribution in [-0.4, -0.2) is 15.2 Å². The van der Waals surface area contributed by atoms with E-state index >= 15 is 0 Å². The highest BCUT2D eigenvalue weighted by Gasteiger charge is 2.11. The molecule has 0 amide bonds. The summed E-state index contributed by atoms with van der Waals surface area (Å²) in [5.74, 6) is 0. The maximum absolute atomic E-state index is 11.2. The van der Waals surface area contributed by atoms with Gasteiger partial charge in [-0.3, -0.25) is 10.2 Å². The van der Waals surface area contributed by atoms with E-state index in [0.29, 0.717) is 22.2 Å². The van der Waals surface area contributed by atoms with Crippen LogP contribution in [0.15, 0.2) is 54.9 Å². The Kier molecular flexibility index (Phi) is 3.47. The van der Waals surface area contributed by atoms with Crippen LogP contribution in [-0.2, 0) is 0 Å². The number of fused-ring (bicyclic) bond motifs is 2. The van der Waals surface area contributed by atoms with Gasteiger partial charge >= 0.3 is 0 Å². The van der Waals surface area contributed by atoms with E-state index in [0.717, 1.165) is 16.6 Å². The van der Waals surface area contributed by atoms with Gasteiger partial charge in [0.2, 0.25) is 0 Å². The molecule has 7 heteroatoms. The van der Waals surface area contributed by atoms with Gasteiger partial charge < -0.3 is 20.7 Å².